The molecular weight excluding hydrogens is 228 g/mol. The van der Waals surface area contributed by atoms with E-state index >= 15 is 0 Å². The first-order valence-corrected chi connectivity index (χ1v) is 6.17. The summed E-state index contributed by atoms with van der Waals surface area (Å²) in [6.07, 6.45) is -0.870. The number of aliphatic imine (C=N–C) groups is 1. The number of ether oxygens (including phenoxy) is 1. The van der Waals surface area contributed by atoms with E-state index in [1.165, 1.54) is 17.8 Å². The molecule has 5 nitrogen and oxygen atoms in total. The van der Waals surface area contributed by atoms with Crippen LogP contribution in [0, 0.1) is 0 Å². The second-order valence-electron chi connectivity index (χ2n) is 3.76. The van der Waals surface area contributed by atoms with Gasteiger partial charge in [-0.15, -0.1) is 6.58 Å². The summed E-state index contributed by atoms with van der Waals surface area (Å²) in [5, 5.41) is 23.5. The number of amidine groups is 1. The van der Waals surface area contributed by atoms with E-state index in [-0.39, 0.29) is 5.44 Å². The van der Waals surface area contributed by atoms with Crippen LogP contribution < -0.4 is 5.32 Å². The Morgan fingerprint density at radius 1 is 1.56 bits per heavy atom. The zero-order valence-corrected chi connectivity index (χ0v) is 9.85. The van der Waals surface area contributed by atoms with Crippen LogP contribution >= 0.6 is 11.8 Å². The van der Waals surface area contributed by atoms with Crippen LogP contribution in [0.3, 0.4) is 0 Å². The fraction of sp³-hybridized carbons (Fsp3) is 0.700. The van der Waals surface area contributed by atoms with E-state index in [1.54, 1.807) is 0 Å². The maximum Gasteiger partial charge on any atom is 0.159 e. The van der Waals surface area contributed by atoms with E-state index < -0.39 is 24.4 Å². The molecule has 2 heterocycles. The lowest BCUT2D eigenvalue weighted by atomic mass is 9.98. The molecular formula is C10H16N2O3S. The summed E-state index contributed by atoms with van der Waals surface area (Å²) >= 11 is 1.44. The Hall–Kier alpha value is -0.560. The number of hydrogen-bond acceptors (Lipinski definition) is 6. The first-order valence-electron chi connectivity index (χ1n) is 5.30. The molecule has 16 heavy (non-hydrogen) atoms. The summed E-state index contributed by atoms with van der Waals surface area (Å²) in [5.74, 6) is 0. The lowest BCUT2D eigenvalue weighted by Gasteiger charge is -2.36. The van der Waals surface area contributed by atoms with Crippen molar-refractivity contribution >= 4 is 16.9 Å². The Kier molecular flexibility index (Phi) is 3.53. The third kappa shape index (κ3) is 1.98. The van der Waals surface area contributed by atoms with Crippen LogP contribution in [-0.4, -0.2) is 51.7 Å². The minimum Gasteiger partial charge on any atom is -0.388 e. The molecule has 5 atom stereocenters. The highest BCUT2D eigenvalue weighted by Gasteiger charge is 2.47. The topological polar surface area (TPSA) is 74.1 Å². The maximum atomic E-state index is 9.91. The van der Waals surface area contributed by atoms with Crippen LogP contribution in [0.2, 0.25) is 0 Å². The Morgan fingerprint density at radius 2 is 2.31 bits per heavy atom. The second-order valence-corrected chi connectivity index (χ2v) is 4.85. The standard InChI is InChI=1S/C10H16N2O3S/c1-3-5-7(13)8(14)6-9(15-5)16-10(12-6)11-4-2/h3,5-9,13-14H,1,4H2,2H3,(H,11,12)/t5-,6-,7-,8-,9-/m1/s1. The summed E-state index contributed by atoms with van der Waals surface area (Å²) in [7, 11) is 0. The van der Waals surface area contributed by atoms with E-state index in [0.29, 0.717) is 0 Å². The molecule has 6 heteroatoms. The summed E-state index contributed by atoms with van der Waals surface area (Å²) in [5.41, 5.74) is -0.240. The molecule has 0 aromatic heterocycles. The van der Waals surface area contributed by atoms with Crippen molar-refractivity contribution in [3.63, 3.8) is 0 Å². The fourth-order valence-corrected chi connectivity index (χ4v) is 2.99. The Morgan fingerprint density at radius 3 is 2.94 bits per heavy atom. The van der Waals surface area contributed by atoms with Crippen molar-refractivity contribution < 1.29 is 14.9 Å². The quantitative estimate of drug-likeness (QED) is 0.582. The van der Waals surface area contributed by atoms with Gasteiger partial charge < -0.3 is 20.3 Å². The Labute approximate surface area is 98.6 Å². The Balaban J connectivity index is 2.10. The highest BCUT2D eigenvalue weighted by molar-refractivity contribution is 8.14. The van der Waals surface area contributed by atoms with Crippen LogP contribution in [0.4, 0.5) is 0 Å². The molecule has 2 aliphatic rings. The number of nitrogens with one attached hydrogen (secondary N) is 1. The third-order valence-corrected chi connectivity index (χ3v) is 3.76. The minimum absolute atomic E-state index is 0.240. The largest absolute Gasteiger partial charge is 0.388 e. The smallest absolute Gasteiger partial charge is 0.159 e. The first-order chi connectivity index (χ1) is 7.67. The molecule has 0 spiro atoms. The lowest BCUT2D eigenvalue weighted by molar-refractivity contribution is -0.135. The van der Waals surface area contributed by atoms with Crippen LogP contribution in [0.5, 0.6) is 0 Å². The van der Waals surface area contributed by atoms with Gasteiger partial charge in [0.15, 0.2) is 5.17 Å². The van der Waals surface area contributed by atoms with Gasteiger partial charge in [-0.3, -0.25) is 4.99 Å². The van der Waals surface area contributed by atoms with Gasteiger partial charge in [0, 0.05) is 6.54 Å². The van der Waals surface area contributed by atoms with Gasteiger partial charge in [0.25, 0.3) is 0 Å². The van der Waals surface area contributed by atoms with E-state index in [2.05, 4.69) is 16.9 Å². The molecule has 0 aliphatic carbocycles. The molecule has 2 rings (SSSR count). The molecule has 90 valence electrons. The van der Waals surface area contributed by atoms with Gasteiger partial charge >= 0.3 is 0 Å². The number of aliphatic hydroxyl groups is 2. The number of fused-ring (bicyclic) bond motifs is 1. The summed E-state index contributed by atoms with van der Waals surface area (Å²) < 4.78 is 5.60. The molecule has 1 fully saturated rings. The second kappa shape index (κ2) is 4.75. The van der Waals surface area contributed by atoms with Crippen LogP contribution in [0.25, 0.3) is 0 Å². The average molecular weight is 244 g/mol. The third-order valence-electron chi connectivity index (χ3n) is 2.66. The molecule has 0 radical (unpaired) electrons. The number of aliphatic hydroxyl groups excluding tert-OH is 2. The van der Waals surface area contributed by atoms with Crippen molar-refractivity contribution in [2.24, 2.45) is 4.99 Å². The number of rotatable bonds is 2. The highest BCUT2D eigenvalue weighted by Crippen LogP contribution is 2.35. The van der Waals surface area contributed by atoms with Gasteiger partial charge in [0.1, 0.15) is 29.8 Å². The van der Waals surface area contributed by atoms with E-state index in [0.717, 1.165) is 11.7 Å². The van der Waals surface area contributed by atoms with Gasteiger partial charge in [-0.25, -0.2) is 0 Å². The zero-order valence-electron chi connectivity index (χ0n) is 9.04. The molecule has 0 aromatic carbocycles. The first kappa shape index (κ1) is 11.9. The fourth-order valence-electron chi connectivity index (χ4n) is 1.82. The Bertz CT molecular complexity index is 310. The maximum absolute atomic E-state index is 9.91. The highest BCUT2D eigenvalue weighted by atomic mass is 32.2. The van der Waals surface area contributed by atoms with Crippen LogP contribution in [0.15, 0.2) is 17.6 Å². The molecule has 0 unspecified atom stereocenters. The van der Waals surface area contributed by atoms with Gasteiger partial charge in [-0.2, -0.15) is 0 Å². The van der Waals surface area contributed by atoms with Gasteiger partial charge in [-0.1, -0.05) is 17.8 Å². The molecule has 0 bridgehead atoms. The lowest BCUT2D eigenvalue weighted by Crippen LogP contribution is -2.53. The minimum atomic E-state index is -0.955. The molecule has 0 amide bonds. The monoisotopic (exact) mass is 244 g/mol. The van der Waals surface area contributed by atoms with Crippen molar-refractivity contribution in [1.82, 2.24) is 5.32 Å². The predicted octanol–water partition coefficient (Wildman–Crippen LogP) is -0.300. The normalized spacial score (nSPS) is 42.4. The van der Waals surface area contributed by atoms with Gasteiger partial charge in [0.2, 0.25) is 0 Å². The summed E-state index contributed by atoms with van der Waals surface area (Å²) in [6, 6.07) is -0.398. The van der Waals surface area contributed by atoms with Crippen LogP contribution in [-0.2, 0) is 4.74 Å². The number of hydrogen-bond donors (Lipinski definition) is 3. The van der Waals surface area contributed by atoms with Crippen LogP contribution in [0.1, 0.15) is 6.92 Å². The molecule has 1 saturated heterocycles. The van der Waals surface area contributed by atoms with Gasteiger partial charge in [-0.05, 0) is 6.92 Å². The van der Waals surface area contributed by atoms with Crippen molar-refractivity contribution in [1.29, 1.82) is 0 Å². The van der Waals surface area contributed by atoms with E-state index in [9.17, 15) is 10.2 Å². The molecule has 3 N–H and O–H groups in total. The molecule has 2 aliphatic heterocycles. The zero-order chi connectivity index (χ0) is 11.7. The van der Waals surface area contributed by atoms with Crippen molar-refractivity contribution in [3.05, 3.63) is 12.7 Å². The van der Waals surface area contributed by atoms with E-state index in [4.69, 9.17) is 4.74 Å². The summed E-state index contributed by atoms with van der Waals surface area (Å²) in [6.45, 7) is 6.33. The van der Waals surface area contributed by atoms with Gasteiger partial charge in [0.05, 0.1) is 0 Å². The van der Waals surface area contributed by atoms with Crippen molar-refractivity contribution in [3.8, 4) is 0 Å². The SMILES string of the molecule is C=C[C@H]1O[C@@H]2SC(NCC)=N[C@@H]2[C@@H](O)[C@@H]1O. The van der Waals surface area contributed by atoms with Crippen molar-refractivity contribution in [2.75, 3.05) is 6.54 Å². The number of thioether (sulfide) groups is 1. The summed E-state index contributed by atoms with van der Waals surface area (Å²) in [4.78, 5) is 4.30. The van der Waals surface area contributed by atoms with E-state index in [1.807, 2.05) is 6.92 Å². The molecule has 0 aromatic rings. The average Bonchev–Trinajstić information content (AvgIpc) is 2.67. The predicted molar refractivity (Wildman–Crippen MR) is 63.4 cm³/mol. The molecule has 0 saturated carbocycles. The van der Waals surface area contributed by atoms with Crippen molar-refractivity contribution in [2.45, 2.75) is 36.7 Å². The number of nitrogens with zero attached hydrogens (tertiary/aromatic N) is 1.